The molecule has 4 nitrogen and oxygen atoms in total. The Hall–Kier alpha value is -1.31. The summed E-state index contributed by atoms with van der Waals surface area (Å²) in [5.41, 5.74) is 5.18. The molecule has 1 rings (SSSR count). The first-order valence-corrected chi connectivity index (χ1v) is 4.86. The van der Waals surface area contributed by atoms with Crippen LogP contribution in [0.5, 0.6) is 0 Å². The second-order valence-electron chi connectivity index (χ2n) is 2.87. The molecule has 16 heavy (non-hydrogen) atoms. The molecule has 1 heterocycles. The molecule has 0 saturated carbocycles. The lowest BCUT2D eigenvalue weighted by Gasteiger charge is -2.09. The highest BCUT2D eigenvalue weighted by atomic mass is 79.9. The number of rotatable bonds is 2. The highest BCUT2D eigenvalue weighted by molar-refractivity contribution is 9.10. The van der Waals surface area contributed by atoms with Crippen LogP contribution in [0.1, 0.15) is 10.5 Å². The first-order valence-electron chi connectivity index (χ1n) is 4.06. The topological polar surface area (TPSA) is 68.0 Å². The molecule has 1 aromatic heterocycles. The number of hydrogen-bond donors (Lipinski definition) is 2. The van der Waals surface area contributed by atoms with Crippen LogP contribution < -0.4 is 11.1 Å². The number of halogens is 4. The molecule has 0 aromatic carbocycles. The van der Waals surface area contributed by atoms with Crippen molar-refractivity contribution >= 4 is 27.5 Å². The van der Waals surface area contributed by atoms with Crippen molar-refractivity contribution in [1.82, 2.24) is 10.3 Å². The standard InChI is InChI=1S/C8H7BrF3N3O/c9-5-2-1-4(13)6(15-5)7(16)14-3-8(10,11)12/h1-2H,3,13H2,(H,14,16). The van der Waals surface area contributed by atoms with E-state index in [0.717, 1.165) is 0 Å². The fourth-order valence-electron chi connectivity index (χ4n) is 0.892. The summed E-state index contributed by atoms with van der Waals surface area (Å²) in [7, 11) is 0. The summed E-state index contributed by atoms with van der Waals surface area (Å²) >= 11 is 2.99. The van der Waals surface area contributed by atoms with Gasteiger partial charge in [0.2, 0.25) is 0 Å². The summed E-state index contributed by atoms with van der Waals surface area (Å²) in [5, 5.41) is 1.68. The van der Waals surface area contributed by atoms with Gasteiger partial charge in [0.05, 0.1) is 5.69 Å². The maximum absolute atomic E-state index is 11.8. The van der Waals surface area contributed by atoms with E-state index in [4.69, 9.17) is 5.73 Å². The number of carbonyl (C=O) groups is 1. The van der Waals surface area contributed by atoms with E-state index >= 15 is 0 Å². The second kappa shape index (κ2) is 4.69. The molecule has 1 aromatic rings. The SMILES string of the molecule is Nc1ccc(Br)nc1C(=O)NCC(F)(F)F. The summed E-state index contributed by atoms with van der Waals surface area (Å²) in [6, 6.07) is 2.86. The van der Waals surface area contributed by atoms with Crippen molar-refractivity contribution in [1.29, 1.82) is 0 Å². The number of carbonyl (C=O) groups excluding carboxylic acids is 1. The van der Waals surface area contributed by atoms with Crippen LogP contribution in [0.25, 0.3) is 0 Å². The van der Waals surface area contributed by atoms with Crippen molar-refractivity contribution in [3.63, 3.8) is 0 Å². The fourth-order valence-corrected chi connectivity index (χ4v) is 1.20. The van der Waals surface area contributed by atoms with Gasteiger partial charge < -0.3 is 11.1 Å². The Morgan fingerprint density at radius 1 is 1.50 bits per heavy atom. The first kappa shape index (κ1) is 12.8. The van der Waals surface area contributed by atoms with Gasteiger partial charge in [0.1, 0.15) is 11.1 Å². The molecule has 0 aliphatic carbocycles. The zero-order valence-corrected chi connectivity index (χ0v) is 9.39. The molecule has 88 valence electrons. The van der Waals surface area contributed by atoms with E-state index in [9.17, 15) is 18.0 Å². The van der Waals surface area contributed by atoms with Gasteiger partial charge in [-0.1, -0.05) is 0 Å². The maximum atomic E-state index is 11.8. The van der Waals surface area contributed by atoms with Crippen molar-refractivity contribution in [2.24, 2.45) is 0 Å². The molecule has 0 fully saturated rings. The van der Waals surface area contributed by atoms with Crippen LogP contribution in [-0.2, 0) is 0 Å². The van der Waals surface area contributed by atoms with Gasteiger partial charge in [-0.2, -0.15) is 13.2 Å². The Bertz CT molecular complexity index is 408. The molecule has 3 N–H and O–H groups in total. The van der Waals surface area contributed by atoms with Crippen molar-refractivity contribution in [3.8, 4) is 0 Å². The minimum absolute atomic E-state index is 0.0166. The van der Waals surface area contributed by atoms with Gasteiger partial charge in [-0.15, -0.1) is 0 Å². The quantitative estimate of drug-likeness (QED) is 0.817. The summed E-state index contributed by atoms with van der Waals surface area (Å²) in [5.74, 6) is -0.962. The highest BCUT2D eigenvalue weighted by Crippen LogP contribution is 2.15. The number of alkyl halides is 3. The van der Waals surface area contributed by atoms with Gasteiger partial charge in [0.25, 0.3) is 5.91 Å². The van der Waals surface area contributed by atoms with Crippen LogP contribution >= 0.6 is 15.9 Å². The van der Waals surface area contributed by atoms with E-state index in [1.165, 1.54) is 12.1 Å². The van der Waals surface area contributed by atoms with E-state index in [1.807, 2.05) is 0 Å². The van der Waals surface area contributed by atoms with Gasteiger partial charge in [-0.3, -0.25) is 4.79 Å². The smallest absolute Gasteiger partial charge is 0.397 e. The van der Waals surface area contributed by atoms with Crippen molar-refractivity contribution in [3.05, 3.63) is 22.4 Å². The predicted octanol–water partition coefficient (Wildman–Crippen LogP) is 1.72. The van der Waals surface area contributed by atoms with Crippen LogP contribution in [-0.4, -0.2) is 23.6 Å². The average molecular weight is 298 g/mol. The monoisotopic (exact) mass is 297 g/mol. The Labute approximate surface area is 97.2 Å². The average Bonchev–Trinajstić information content (AvgIpc) is 2.17. The van der Waals surface area contributed by atoms with E-state index in [0.29, 0.717) is 4.60 Å². The van der Waals surface area contributed by atoms with E-state index in [-0.39, 0.29) is 11.4 Å². The third-order valence-corrected chi connectivity index (χ3v) is 2.00. The second-order valence-corrected chi connectivity index (χ2v) is 3.68. The number of nitrogens with two attached hydrogens (primary N) is 1. The molecule has 0 atom stereocenters. The van der Waals surface area contributed by atoms with Crippen molar-refractivity contribution < 1.29 is 18.0 Å². The first-order chi connectivity index (χ1) is 7.29. The molecule has 0 unspecified atom stereocenters. The molecule has 1 amide bonds. The molecule has 0 bridgehead atoms. The number of pyridine rings is 1. The van der Waals surface area contributed by atoms with Crippen molar-refractivity contribution in [2.75, 3.05) is 12.3 Å². The number of anilines is 1. The Balaban J connectivity index is 2.77. The summed E-state index contributed by atoms with van der Waals surface area (Å²) in [6.45, 7) is -1.42. The molecule has 0 aliphatic heterocycles. The number of nitrogen functional groups attached to an aromatic ring is 1. The van der Waals surface area contributed by atoms with Crippen LogP contribution in [0.3, 0.4) is 0 Å². The fraction of sp³-hybridized carbons (Fsp3) is 0.250. The maximum Gasteiger partial charge on any atom is 0.405 e. The van der Waals surface area contributed by atoms with Crippen LogP contribution in [0.4, 0.5) is 18.9 Å². The van der Waals surface area contributed by atoms with Gasteiger partial charge in [0, 0.05) is 0 Å². The number of hydrogen-bond acceptors (Lipinski definition) is 3. The van der Waals surface area contributed by atoms with E-state index < -0.39 is 18.6 Å². The number of nitrogens with zero attached hydrogens (tertiary/aromatic N) is 1. The van der Waals surface area contributed by atoms with E-state index in [2.05, 4.69) is 20.9 Å². The van der Waals surface area contributed by atoms with Crippen LogP contribution in [0.15, 0.2) is 16.7 Å². The lowest BCUT2D eigenvalue weighted by molar-refractivity contribution is -0.123. The zero-order chi connectivity index (χ0) is 12.3. The zero-order valence-electron chi connectivity index (χ0n) is 7.81. The normalized spacial score (nSPS) is 11.2. The minimum Gasteiger partial charge on any atom is -0.397 e. The highest BCUT2D eigenvalue weighted by Gasteiger charge is 2.28. The summed E-state index contributed by atoms with van der Waals surface area (Å²) < 4.78 is 35.8. The number of nitrogens with one attached hydrogen (secondary N) is 1. The van der Waals surface area contributed by atoms with Crippen LogP contribution in [0.2, 0.25) is 0 Å². The molecule has 0 radical (unpaired) electrons. The molecule has 0 aliphatic rings. The van der Waals surface area contributed by atoms with Gasteiger partial charge in [-0.05, 0) is 28.1 Å². The summed E-state index contributed by atoms with van der Waals surface area (Å²) in [4.78, 5) is 15.0. The third kappa shape index (κ3) is 3.69. The van der Waals surface area contributed by atoms with Crippen molar-refractivity contribution in [2.45, 2.75) is 6.18 Å². The summed E-state index contributed by atoms with van der Waals surface area (Å²) in [6.07, 6.45) is -4.46. The minimum atomic E-state index is -4.46. The lowest BCUT2D eigenvalue weighted by Crippen LogP contribution is -2.34. The van der Waals surface area contributed by atoms with Gasteiger partial charge >= 0.3 is 6.18 Å². The molecular formula is C8H7BrF3N3O. The van der Waals surface area contributed by atoms with Crippen LogP contribution in [0, 0.1) is 0 Å². The molecular weight excluding hydrogens is 291 g/mol. The third-order valence-electron chi connectivity index (χ3n) is 1.56. The van der Waals surface area contributed by atoms with Gasteiger partial charge in [-0.25, -0.2) is 4.98 Å². The number of aromatic nitrogens is 1. The molecule has 0 saturated heterocycles. The molecule has 8 heteroatoms. The Morgan fingerprint density at radius 2 is 2.12 bits per heavy atom. The largest absolute Gasteiger partial charge is 0.405 e. The lowest BCUT2D eigenvalue weighted by atomic mass is 10.3. The Kier molecular flexibility index (Phi) is 3.74. The predicted molar refractivity (Wildman–Crippen MR) is 54.7 cm³/mol. The van der Waals surface area contributed by atoms with Gasteiger partial charge in [0.15, 0.2) is 5.69 Å². The van der Waals surface area contributed by atoms with E-state index in [1.54, 1.807) is 5.32 Å². The number of amides is 1. The molecule has 0 spiro atoms. The Morgan fingerprint density at radius 3 is 2.69 bits per heavy atom.